The van der Waals surface area contributed by atoms with E-state index in [-0.39, 0.29) is 0 Å². The number of nitrogens with zero attached hydrogens (tertiary/aromatic N) is 1. The fraction of sp³-hybridized carbons (Fsp3) is 0.533. The molecule has 0 aromatic heterocycles. The van der Waals surface area contributed by atoms with Crippen LogP contribution in [-0.2, 0) is 13.1 Å². The van der Waals surface area contributed by atoms with E-state index in [2.05, 4.69) is 60.2 Å². The van der Waals surface area contributed by atoms with Crippen molar-refractivity contribution < 1.29 is 0 Å². The lowest BCUT2D eigenvalue weighted by Crippen LogP contribution is -2.35. The first-order chi connectivity index (χ1) is 9.63. The van der Waals surface area contributed by atoms with Crippen molar-refractivity contribution in [1.82, 2.24) is 15.5 Å². The fourth-order valence-electron chi connectivity index (χ4n) is 1.88. The summed E-state index contributed by atoms with van der Waals surface area (Å²) < 4.78 is 0. The molecule has 3 nitrogen and oxygen atoms in total. The van der Waals surface area contributed by atoms with Crippen molar-refractivity contribution in [3.05, 3.63) is 35.4 Å². The second-order valence-corrected chi connectivity index (χ2v) is 6.36. The van der Waals surface area contributed by atoms with Crippen molar-refractivity contribution in [1.29, 1.82) is 0 Å². The van der Waals surface area contributed by atoms with E-state index in [0.29, 0.717) is 0 Å². The van der Waals surface area contributed by atoms with Gasteiger partial charge in [0.15, 0.2) is 5.11 Å². The minimum absolute atomic E-state index is 0.741. The highest BCUT2D eigenvalue weighted by atomic mass is 32.2. The summed E-state index contributed by atoms with van der Waals surface area (Å²) in [6.45, 7) is 2.66. The minimum Gasteiger partial charge on any atom is -0.363 e. The Morgan fingerprint density at radius 2 is 1.90 bits per heavy atom. The average molecular weight is 312 g/mol. The Morgan fingerprint density at radius 3 is 2.55 bits per heavy atom. The van der Waals surface area contributed by atoms with Crippen molar-refractivity contribution >= 4 is 29.1 Å². The summed E-state index contributed by atoms with van der Waals surface area (Å²) in [4.78, 5) is 2.18. The quantitative estimate of drug-likeness (QED) is 0.568. The van der Waals surface area contributed by atoms with Crippen LogP contribution in [0.3, 0.4) is 0 Å². The lowest BCUT2D eigenvalue weighted by atomic mass is 10.1. The van der Waals surface area contributed by atoms with Crippen LogP contribution in [0.2, 0.25) is 0 Å². The molecule has 0 unspecified atom stereocenters. The summed E-state index contributed by atoms with van der Waals surface area (Å²) in [6.07, 6.45) is 3.26. The molecular weight excluding hydrogens is 286 g/mol. The molecule has 5 heteroatoms. The van der Waals surface area contributed by atoms with Gasteiger partial charge in [0.1, 0.15) is 0 Å². The van der Waals surface area contributed by atoms with Gasteiger partial charge in [-0.1, -0.05) is 24.3 Å². The number of thiocarbonyl (C=S) groups is 1. The molecule has 0 amide bonds. The standard InChI is InChI=1S/C15H25N3S2/c1-18(2)12-14-8-5-4-7-13(14)11-17-15(19)16-9-6-10-20-3/h4-5,7-8H,6,9-12H2,1-3H3,(H2,16,17,19). The van der Waals surface area contributed by atoms with Gasteiger partial charge in [0, 0.05) is 19.6 Å². The molecular formula is C15H25N3S2. The van der Waals surface area contributed by atoms with Crippen LogP contribution in [0.4, 0.5) is 0 Å². The summed E-state index contributed by atoms with van der Waals surface area (Å²) in [7, 11) is 4.17. The smallest absolute Gasteiger partial charge is 0.166 e. The van der Waals surface area contributed by atoms with Crippen LogP contribution in [0.1, 0.15) is 17.5 Å². The SMILES string of the molecule is CSCCCNC(=S)NCc1ccccc1CN(C)C. The van der Waals surface area contributed by atoms with Gasteiger partial charge >= 0.3 is 0 Å². The monoisotopic (exact) mass is 311 g/mol. The first-order valence-electron chi connectivity index (χ1n) is 6.85. The van der Waals surface area contributed by atoms with Crippen LogP contribution in [0.5, 0.6) is 0 Å². The number of nitrogens with one attached hydrogen (secondary N) is 2. The third-order valence-corrected chi connectivity index (χ3v) is 3.84. The molecule has 1 aromatic rings. The van der Waals surface area contributed by atoms with Gasteiger partial charge in [-0.05, 0) is 55.9 Å². The second kappa shape index (κ2) is 10.0. The fourth-order valence-corrected chi connectivity index (χ4v) is 2.49. The molecule has 0 radical (unpaired) electrons. The van der Waals surface area contributed by atoms with Crippen molar-refractivity contribution in [2.45, 2.75) is 19.5 Å². The van der Waals surface area contributed by atoms with E-state index < -0.39 is 0 Å². The zero-order valence-corrected chi connectivity index (χ0v) is 14.2. The maximum absolute atomic E-state index is 5.29. The molecule has 20 heavy (non-hydrogen) atoms. The summed E-state index contributed by atoms with van der Waals surface area (Å²) in [5.41, 5.74) is 2.64. The first-order valence-corrected chi connectivity index (χ1v) is 8.66. The average Bonchev–Trinajstić information content (AvgIpc) is 2.42. The van der Waals surface area contributed by atoms with Gasteiger partial charge in [0.2, 0.25) is 0 Å². The summed E-state index contributed by atoms with van der Waals surface area (Å²) in [6, 6.07) is 8.49. The molecule has 0 saturated carbocycles. The third-order valence-electron chi connectivity index (χ3n) is 2.86. The zero-order valence-electron chi connectivity index (χ0n) is 12.6. The van der Waals surface area contributed by atoms with Gasteiger partial charge in [0.05, 0.1) is 0 Å². The Balaban J connectivity index is 2.39. The molecule has 0 aliphatic carbocycles. The Labute approximate surface area is 132 Å². The van der Waals surface area contributed by atoms with Gasteiger partial charge in [0.25, 0.3) is 0 Å². The maximum Gasteiger partial charge on any atom is 0.166 e. The van der Waals surface area contributed by atoms with E-state index in [4.69, 9.17) is 12.2 Å². The van der Waals surface area contributed by atoms with Crippen molar-refractivity contribution in [3.63, 3.8) is 0 Å². The molecule has 1 aromatic carbocycles. The molecule has 0 fully saturated rings. The Hall–Kier alpha value is -0.780. The largest absolute Gasteiger partial charge is 0.363 e. The predicted molar refractivity (Wildman–Crippen MR) is 94.3 cm³/mol. The van der Waals surface area contributed by atoms with Gasteiger partial charge < -0.3 is 15.5 Å². The molecule has 0 spiro atoms. The molecule has 0 heterocycles. The van der Waals surface area contributed by atoms with Gasteiger partial charge in [-0.3, -0.25) is 0 Å². The molecule has 0 saturated heterocycles. The zero-order chi connectivity index (χ0) is 14.8. The van der Waals surface area contributed by atoms with Crippen LogP contribution in [0.15, 0.2) is 24.3 Å². The highest BCUT2D eigenvalue weighted by molar-refractivity contribution is 7.98. The third kappa shape index (κ3) is 7.12. The van der Waals surface area contributed by atoms with Crippen molar-refractivity contribution in [2.24, 2.45) is 0 Å². The molecule has 1 rings (SSSR count). The van der Waals surface area contributed by atoms with Crippen LogP contribution < -0.4 is 10.6 Å². The summed E-state index contributed by atoms with van der Waals surface area (Å²) >= 11 is 7.16. The topological polar surface area (TPSA) is 27.3 Å². The van der Waals surface area contributed by atoms with Gasteiger partial charge in [-0.25, -0.2) is 0 Å². The van der Waals surface area contributed by atoms with Crippen LogP contribution in [0.25, 0.3) is 0 Å². The Kier molecular flexibility index (Phi) is 8.65. The van der Waals surface area contributed by atoms with E-state index in [1.807, 2.05) is 11.8 Å². The number of hydrogen-bond donors (Lipinski definition) is 2. The Bertz CT molecular complexity index is 408. The second-order valence-electron chi connectivity index (χ2n) is 4.96. The summed E-state index contributed by atoms with van der Waals surface area (Å²) in [5.74, 6) is 1.17. The van der Waals surface area contributed by atoms with Crippen LogP contribution in [-0.4, -0.2) is 42.7 Å². The number of rotatable bonds is 8. The van der Waals surface area contributed by atoms with Gasteiger partial charge in [-0.15, -0.1) is 0 Å². The predicted octanol–water partition coefficient (Wildman–Crippen LogP) is 2.47. The van der Waals surface area contributed by atoms with E-state index in [9.17, 15) is 0 Å². The highest BCUT2D eigenvalue weighted by Crippen LogP contribution is 2.10. The lowest BCUT2D eigenvalue weighted by Gasteiger charge is -2.16. The van der Waals surface area contributed by atoms with Gasteiger partial charge in [-0.2, -0.15) is 11.8 Å². The number of thioether (sulfide) groups is 1. The van der Waals surface area contributed by atoms with Crippen molar-refractivity contribution in [3.8, 4) is 0 Å². The summed E-state index contributed by atoms with van der Waals surface area (Å²) in [5, 5.41) is 7.27. The number of hydrogen-bond acceptors (Lipinski definition) is 3. The van der Waals surface area contributed by atoms with E-state index in [0.717, 1.165) is 31.2 Å². The molecule has 0 aliphatic heterocycles. The molecule has 112 valence electrons. The molecule has 0 aliphatic rings. The molecule has 0 atom stereocenters. The lowest BCUT2D eigenvalue weighted by molar-refractivity contribution is 0.400. The molecule has 0 bridgehead atoms. The number of benzene rings is 1. The van der Waals surface area contributed by atoms with Crippen molar-refractivity contribution in [2.75, 3.05) is 32.6 Å². The highest BCUT2D eigenvalue weighted by Gasteiger charge is 2.03. The normalized spacial score (nSPS) is 10.6. The van der Waals surface area contributed by atoms with E-state index >= 15 is 0 Å². The Morgan fingerprint density at radius 1 is 1.20 bits per heavy atom. The van der Waals surface area contributed by atoms with E-state index in [1.54, 1.807) is 0 Å². The van der Waals surface area contributed by atoms with Crippen LogP contribution >= 0.6 is 24.0 Å². The first kappa shape index (κ1) is 17.3. The maximum atomic E-state index is 5.29. The molecule has 2 N–H and O–H groups in total. The van der Waals surface area contributed by atoms with E-state index in [1.165, 1.54) is 16.9 Å². The van der Waals surface area contributed by atoms with Crippen LogP contribution in [0, 0.1) is 0 Å². The minimum atomic E-state index is 0.741.